The second kappa shape index (κ2) is 2.79. The largest absolute Gasteiger partial charge is 0.391 e. The number of hydrogen-bond donors (Lipinski definition) is 2. The van der Waals surface area contributed by atoms with Gasteiger partial charge in [0.25, 0.3) is 0 Å². The summed E-state index contributed by atoms with van der Waals surface area (Å²) in [5.41, 5.74) is 1.07. The highest BCUT2D eigenvalue weighted by molar-refractivity contribution is 5.44. The van der Waals surface area contributed by atoms with Gasteiger partial charge in [0, 0.05) is 12.7 Å². The van der Waals surface area contributed by atoms with E-state index in [2.05, 4.69) is 15.1 Å². The number of aromatic amines is 1. The number of hydrogen-bond acceptors (Lipinski definition) is 3. The van der Waals surface area contributed by atoms with Crippen LogP contribution < -0.4 is 4.90 Å². The van der Waals surface area contributed by atoms with E-state index >= 15 is 0 Å². The average Bonchev–Trinajstić information content (AvgIpc) is 2.64. The van der Waals surface area contributed by atoms with Crippen molar-refractivity contribution in [2.24, 2.45) is 0 Å². The van der Waals surface area contributed by atoms with Crippen LogP contribution in [0, 0.1) is 0 Å². The molecular weight excluding hydrogens is 154 g/mol. The Labute approximate surface area is 71.2 Å². The highest BCUT2D eigenvalue weighted by Crippen LogP contribution is 2.23. The van der Waals surface area contributed by atoms with Gasteiger partial charge < -0.3 is 10.0 Å². The van der Waals surface area contributed by atoms with Crippen LogP contribution in [0.25, 0.3) is 0 Å². The minimum Gasteiger partial charge on any atom is -0.391 e. The van der Waals surface area contributed by atoms with Crippen LogP contribution in [0.4, 0.5) is 5.69 Å². The van der Waals surface area contributed by atoms with Crippen LogP contribution in [0.1, 0.15) is 13.3 Å². The molecule has 12 heavy (non-hydrogen) atoms. The van der Waals surface area contributed by atoms with Crippen LogP contribution in [0.5, 0.6) is 0 Å². The highest BCUT2D eigenvalue weighted by atomic mass is 16.3. The van der Waals surface area contributed by atoms with E-state index in [0.29, 0.717) is 0 Å². The molecule has 0 saturated carbocycles. The van der Waals surface area contributed by atoms with Gasteiger partial charge in [-0.3, -0.25) is 5.10 Å². The molecule has 0 radical (unpaired) electrons. The van der Waals surface area contributed by atoms with Gasteiger partial charge in [0.05, 0.1) is 24.0 Å². The minimum absolute atomic E-state index is 0.195. The molecule has 1 aliphatic rings. The SMILES string of the molecule is CC1C(O)CCN1c1cn[nH]c1. The second-order valence-electron chi connectivity index (χ2n) is 3.25. The summed E-state index contributed by atoms with van der Waals surface area (Å²) in [5.74, 6) is 0. The van der Waals surface area contributed by atoms with Crippen molar-refractivity contribution >= 4 is 5.69 Å². The summed E-state index contributed by atoms with van der Waals surface area (Å²) < 4.78 is 0. The Balaban J connectivity index is 2.16. The molecule has 0 bridgehead atoms. The Hall–Kier alpha value is -1.03. The second-order valence-corrected chi connectivity index (χ2v) is 3.25. The molecule has 0 aliphatic carbocycles. The molecule has 2 atom stereocenters. The lowest BCUT2D eigenvalue weighted by Gasteiger charge is -2.22. The van der Waals surface area contributed by atoms with Gasteiger partial charge in [0.2, 0.25) is 0 Å². The number of aliphatic hydroxyl groups is 1. The third-order valence-corrected chi connectivity index (χ3v) is 2.53. The number of aliphatic hydroxyl groups excluding tert-OH is 1. The lowest BCUT2D eigenvalue weighted by Crippen LogP contribution is -2.31. The van der Waals surface area contributed by atoms with Crippen molar-refractivity contribution in [2.75, 3.05) is 11.4 Å². The molecule has 1 saturated heterocycles. The Morgan fingerprint density at radius 2 is 2.58 bits per heavy atom. The fraction of sp³-hybridized carbons (Fsp3) is 0.625. The average molecular weight is 167 g/mol. The van der Waals surface area contributed by atoms with Gasteiger partial charge in [0.15, 0.2) is 0 Å². The van der Waals surface area contributed by atoms with Gasteiger partial charge in [-0.05, 0) is 13.3 Å². The number of rotatable bonds is 1. The monoisotopic (exact) mass is 167 g/mol. The minimum atomic E-state index is -0.195. The molecule has 0 amide bonds. The van der Waals surface area contributed by atoms with Crippen molar-refractivity contribution in [2.45, 2.75) is 25.5 Å². The summed E-state index contributed by atoms with van der Waals surface area (Å²) in [7, 11) is 0. The van der Waals surface area contributed by atoms with E-state index in [0.717, 1.165) is 18.7 Å². The Bertz CT molecular complexity index is 247. The normalized spacial score (nSPS) is 29.7. The summed E-state index contributed by atoms with van der Waals surface area (Å²) in [5, 5.41) is 16.1. The first-order valence-corrected chi connectivity index (χ1v) is 4.22. The fourth-order valence-corrected chi connectivity index (χ4v) is 1.69. The van der Waals surface area contributed by atoms with Crippen molar-refractivity contribution in [1.29, 1.82) is 0 Å². The predicted molar refractivity (Wildman–Crippen MR) is 46.0 cm³/mol. The van der Waals surface area contributed by atoms with E-state index < -0.39 is 0 Å². The Morgan fingerprint density at radius 3 is 3.08 bits per heavy atom. The third kappa shape index (κ3) is 1.08. The molecule has 0 spiro atoms. The van der Waals surface area contributed by atoms with Crippen LogP contribution in [0.15, 0.2) is 12.4 Å². The first-order chi connectivity index (χ1) is 5.79. The number of anilines is 1. The van der Waals surface area contributed by atoms with Crippen LogP contribution in [0.2, 0.25) is 0 Å². The number of nitrogens with zero attached hydrogens (tertiary/aromatic N) is 2. The molecule has 4 heteroatoms. The van der Waals surface area contributed by atoms with Crippen LogP contribution in [-0.2, 0) is 0 Å². The highest BCUT2D eigenvalue weighted by Gasteiger charge is 2.29. The predicted octanol–water partition coefficient (Wildman–Crippen LogP) is 0.369. The van der Waals surface area contributed by atoms with Crippen molar-refractivity contribution < 1.29 is 5.11 Å². The van der Waals surface area contributed by atoms with E-state index in [9.17, 15) is 5.11 Å². The van der Waals surface area contributed by atoms with E-state index in [1.165, 1.54) is 0 Å². The fourth-order valence-electron chi connectivity index (χ4n) is 1.69. The molecule has 2 unspecified atom stereocenters. The molecule has 4 nitrogen and oxygen atoms in total. The van der Waals surface area contributed by atoms with Gasteiger partial charge in [-0.2, -0.15) is 5.10 Å². The zero-order chi connectivity index (χ0) is 8.55. The summed E-state index contributed by atoms with van der Waals surface area (Å²) in [6.45, 7) is 2.95. The van der Waals surface area contributed by atoms with Crippen LogP contribution >= 0.6 is 0 Å². The molecule has 2 heterocycles. The summed E-state index contributed by atoms with van der Waals surface area (Å²) >= 11 is 0. The van der Waals surface area contributed by atoms with E-state index in [1.54, 1.807) is 6.20 Å². The van der Waals surface area contributed by atoms with Crippen molar-refractivity contribution in [3.63, 3.8) is 0 Å². The zero-order valence-electron chi connectivity index (χ0n) is 7.07. The summed E-state index contributed by atoms with van der Waals surface area (Å²) in [4.78, 5) is 2.16. The quantitative estimate of drug-likeness (QED) is 0.635. The van der Waals surface area contributed by atoms with E-state index in [1.807, 2.05) is 13.1 Å². The molecule has 1 aromatic rings. The summed E-state index contributed by atoms with van der Waals surface area (Å²) in [6, 6.07) is 0.211. The molecule has 2 rings (SSSR count). The maximum atomic E-state index is 9.49. The maximum absolute atomic E-state index is 9.49. The number of aromatic nitrogens is 2. The molecule has 1 aliphatic heterocycles. The van der Waals surface area contributed by atoms with Gasteiger partial charge in [-0.15, -0.1) is 0 Å². The standard InChI is InChI=1S/C8H13N3O/c1-6-8(12)2-3-11(6)7-4-9-10-5-7/h4-6,8,12H,2-3H2,1H3,(H,9,10). The van der Waals surface area contributed by atoms with Crippen molar-refractivity contribution in [1.82, 2.24) is 10.2 Å². The van der Waals surface area contributed by atoms with Gasteiger partial charge in [-0.25, -0.2) is 0 Å². The van der Waals surface area contributed by atoms with Gasteiger partial charge >= 0.3 is 0 Å². The van der Waals surface area contributed by atoms with Crippen molar-refractivity contribution in [3.8, 4) is 0 Å². The zero-order valence-corrected chi connectivity index (χ0v) is 7.07. The van der Waals surface area contributed by atoms with Gasteiger partial charge in [0.1, 0.15) is 0 Å². The van der Waals surface area contributed by atoms with E-state index in [4.69, 9.17) is 0 Å². The topological polar surface area (TPSA) is 52.1 Å². The number of H-pyrrole nitrogens is 1. The molecule has 66 valence electrons. The molecular formula is C8H13N3O. The first-order valence-electron chi connectivity index (χ1n) is 4.22. The Kier molecular flexibility index (Phi) is 1.77. The smallest absolute Gasteiger partial charge is 0.0757 e. The lowest BCUT2D eigenvalue weighted by atomic mass is 10.2. The maximum Gasteiger partial charge on any atom is 0.0757 e. The van der Waals surface area contributed by atoms with Gasteiger partial charge in [-0.1, -0.05) is 0 Å². The molecule has 2 N–H and O–H groups in total. The van der Waals surface area contributed by atoms with E-state index in [-0.39, 0.29) is 12.1 Å². The third-order valence-electron chi connectivity index (χ3n) is 2.53. The lowest BCUT2D eigenvalue weighted by molar-refractivity contribution is 0.170. The Morgan fingerprint density at radius 1 is 1.75 bits per heavy atom. The first kappa shape index (κ1) is 7.61. The van der Waals surface area contributed by atoms with Crippen molar-refractivity contribution in [3.05, 3.63) is 12.4 Å². The summed E-state index contributed by atoms with van der Waals surface area (Å²) in [6.07, 6.45) is 4.30. The van der Waals surface area contributed by atoms with Crippen LogP contribution in [0.3, 0.4) is 0 Å². The number of nitrogens with one attached hydrogen (secondary N) is 1. The molecule has 1 fully saturated rings. The molecule has 0 aromatic carbocycles. The van der Waals surface area contributed by atoms with Crippen LogP contribution in [-0.4, -0.2) is 34.0 Å². The molecule has 1 aromatic heterocycles.